The Morgan fingerprint density at radius 3 is 2.59 bits per heavy atom. The van der Waals surface area contributed by atoms with E-state index in [-0.39, 0.29) is 0 Å². The molecule has 0 saturated heterocycles. The van der Waals surface area contributed by atoms with E-state index in [0.717, 1.165) is 16.7 Å². The van der Waals surface area contributed by atoms with E-state index in [9.17, 15) is 0 Å². The maximum absolute atomic E-state index is 4.36. The van der Waals surface area contributed by atoms with Gasteiger partial charge in [0, 0.05) is 36.4 Å². The van der Waals surface area contributed by atoms with E-state index >= 15 is 0 Å². The Morgan fingerprint density at radius 2 is 2.06 bits per heavy atom. The van der Waals surface area contributed by atoms with Crippen LogP contribution in [-0.4, -0.2) is 16.6 Å². The zero-order chi connectivity index (χ0) is 12.3. The number of nitrogens with one attached hydrogen (secondary N) is 1. The smallest absolute Gasteiger partial charge is 0.110 e. The summed E-state index contributed by atoms with van der Waals surface area (Å²) in [6.45, 7) is 0. The molecule has 0 aliphatic rings. The van der Waals surface area contributed by atoms with Gasteiger partial charge in [-0.2, -0.15) is 0 Å². The Bertz CT molecular complexity index is 476. The lowest BCUT2D eigenvalue weighted by Gasteiger charge is -2.16. The van der Waals surface area contributed by atoms with Crippen molar-refractivity contribution in [1.82, 2.24) is 14.9 Å². The predicted octanol–water partition coefficient (Wildman–Crippen LogP) is 2.69. The van der Waals surface area contributed by atoms with Gasteiger partial charge >= 0.3 is 0 Å². The standard InChI is InChI=1S/C13H16BrN3/c1-15-12(9-13-16-7-8-17(13)2)10-3-5-11(14)6-4-10/h3-8,12,15H,9H2,1-2H3. The molecule has 3 nitrogen and oxygen atoms in total. The molecule has 1 atom stereocenters. The molecule has 4 heteroatoms. The van der Waals surface area contributed by atoms with Gasteiger partial charge in [-0.15, -0.1) is 0 Å². The van der Waals surface area contributed by atoms with Gasteiger partial charge in [-0.3, -0.25) is 0 Å². The van der Waals surface area contributed by atoms with Crippen molar-refractivity contribution in [3.8, 4) is 0 Å². The average molecular weight is 294 g/mol. The van der Waals surface area contributed by atoms with Gasteiger partial charge in [0.25, 0.3) is 0 Å². The molecule has 0 bridgehead atoms. The molecule has 0 radical (unpaired) electrons. The minimum atomic E-state index is 0.296. The molecular weight excluding hydrogens is 278 g/mol. The van der Waals surface area contributed by atoms with Crippen molar-refractivity contribution in [3.63, 3.8) is 0 Å². The van der Waals surface area contributed by atoms with Gasteiger partial charge < -0.3 is 9.88 Å². The van der Waals surface area contributed by atoms with Crippen LogP contribution in [0.3, 0.4) is 0 Å². The first-order valence-electron chi connectivity index (χ1n) is 5.59. The van der Waals surface area contributed by atoms with Crippen LogP contribution in [0.1, 0.15) is 17.4 Å². The molecule has 0 aliphatic carbocycles. The van der Waals surface area contributed by atoms with Crippen LogP contribution in [0.25, 0.3) is 0 Å². The third-order valence-electron chi connectivity index (χ3n) is 2.93. The fraction of sp³-hybridized carbons (Fsp3) is 0.308. The summed E-state index contributed by atoms with van der Waals surface area (Å²) in [7, 11) is 4.01. The first-order chi connectivity index (χ1) is 8.20. The first kappa shape index (κ1) is 12.3. The van der Waals surface area contributed by atoms with E-state index < -0.39 is 0 Å². The largest absolute Gasteiger partial charge is 0.338 e. The van der Waals surface area contributed by atoms with Crippen molar-refractivity contribution < 1.29 is 0 Å². The second-order valence-electron chi connectivity index (χ2n) is 4.05. The SMILES string of the molecule is CNC(Cc1nccn1C)c1ccc(Br)cc1. The molecule has 1 heterocycles. The Morgan fingerprint density at radius 1 is 1.35 bits per heavy atom. The van der Waals surface area contributed by atoms with Crippen molar-refractivity contribution in [2.75, 3.05) is 7.05 Å². The minimum absolute atomic E-state index is 0.296. The Labute approximate surface area is 110 Å². The molecular formula is C13H16BrN3. The number of aromatic nitrogens is 2. The van der Waals surface area contributed by atoms with Crippen LogP contribution in [0.4, 0.5) is 0 Å². The summed E-state index contributed by atoms with van der Waals surface area (Å²) in [6, 6.07) is 8.70. The van der Waals surface area contributed by atoms with Gasteiger partial charge in [-0.1, -0.05) is 28.1 Å². The van der Waals surface area contributed by atoms with Gasteiger partial charge in [0.05, 0.1) is 0 Å². The molecule has 90 valence electrons. The number of imidazole rings is 1. The summed E-state index contributed by atoms with van der Waals surface area (Å²) in [5.41, 5.74) is 1.28. The molecule has 2 aromatic rings. The van der Waals surface area contributed by atoms with E-state index in [0.29, 0.717) is 6.04 Å². The second kappa shape index (κ2) is 5.47. The average Bonchev–Trinajstić information content (AvgIpc) is 2.73. The Kier molecular flexibility index (Phi) is 3.97. The summed E-state index contributed by atoms with van der Waals surface area (Å²) in [5, 5.41) is 3.33. The third kappa shape index (κ3) is 2.96. The highest BCUT2D eigenvalue weighted by Crippen LogP contribution is 2.19. The van der Waals surface area contributed by atoms with Crippen molar-refractivity contribution in [2.24, 2.45) is 7.05 Å². The number of halogens is 1. The number of rotatable bonds is 4. The van der Waals surface area contributed by atoms with E-state index in [1.54, 1.807) is 0 Å². The fourth-order valence-corrected chi connectivity index (χ4v) is 2.12. The highest BCUT2D eigenvalue weighted by molar-refractivity contribution is 9.10. The lowest BCUT2D eigenvalue weighted by Crippen LogP contribution is -2.20. The molecule has 1 aromatic heterocycles. The fourth-order valence-electron chi connectivity index (χ4n) is 1.86. The van der Waals surface area contributed by atoms with Crippen LogP contribution in [0, 0.1) is 0 Å². The maximum Gasteiger partial charge on any atom is 0.110 e. The van der Waals surface area contributed by atoms with Crippen LogP contribution in [-0.2, 0) is 13.5 Å². The van der Waals surface area contributed by atoms with Crippen LogP contribution in [0.15, 0.2) is 41.1 Å². The molecule has 0 amide bonds. The van der Waals surface area contributed by atoms with Crippen molar-refractivity contribution in [1.29, 1.82) is 0 Å². The number of likely N-dealkylation sites (N-methyl/N-ethyl adjacent to an activating group) is 1. The quantitative estimate of drug-likeness (QED) is 0.939. The normalized spacial score (nSPS) is 12.6. The molecule has 0 aliphatic heterocycles. The third-order valence-corrected chi connectivity index (χ3v) is 3.46. The summed E-state index contributed by atoms with van der Waals surface area (Å²) >= 11 is 3.45. The molecule has 2 rings (SSSR count). The van der Waals surface area contributed by atoms with Gasteiger partial charge in [-0.05, 0) is 24.7 Å². The highest BCUT2D eigenvalue weighted by Gasteiger charge is 2.12. The summed E-state index contributed by atoms with van der Waals surface area (Å²) in [5.74, 6) is 1.09. The zero-order valence-corrected chi connectivity index (χ0v) is 11.6. The molecule has 1 aromatic carbocycles. The number of benzene rings is 1. The van der Waals surface area contributed by atoms with Crippen LogP contribution >= 0.6 is 15.9 Å². The Balaban J connectivity index is 2.17. The van der Waals surface area contributed by atoms with E-state index in [1.807, 2.05) is 26.5 Å². The van der Waals surface area contributed by atoms with Crippen molar-refractivity contribution >= 4 is 15.9 Å². The number of hydrogen-bond donors (Lipinski definition) is 1. The van der Waals surface area contributed by atoms with Gasteiger partial charge in [0.2, 0.25) is 0 Å². The van der Waals surface area contributed by atoms with E-state index in [1.165, 1.54) is 5.56 Å². The molecule has 0 fully saturated rings. The maximum atomic E-state index is 4.36. The number of aryl methyl sites for hydroxylation is 1. The van der Waals surface area contributed by atoms with Crippen molar-refractivity contribution in [2.45, 2.75) is 12.5 Å². The molecule has 1 unspecified atom stereocenters. The molecule has 17 heavy (non-hydrogen) atoms. The first-order valence-corrected chi connectivity index (χ1v) is 6.39. The van der Waals surface area contributed by atoms with Crippen LogP contribution in [0.2, 0.25) is 0 Å². The highest BCUT2D eigenvalue weighted by atomic mass is 79.9. The number of nitrogens with zero attached hydrogens (tertiary/aromatic N) is 2. The molecule has 0 spiro atoms. The Hall–Kier alpha value is -1.13. The lowest BCUT2D eigenvalue weighted by molar-refractivity contribution is 0.563. The predicted molar refractivity (Wildman–Crippen MR) is 72.9 cm³/mol. The summed E-state index contributed by atoms with van der Waals surface area (Å²) in [6.07, 6.45) is 4.70. The lowest BCUT2D eigenvalue weighted by atomic mass is 10.0. The van der Waals surface area contributed by atoms with Gasteiger partial charge in [-0.25, -0.2) is 4.98 Å². The van der Waals surface area contributed by atoms with Crippen LogP contribution < -0.4 is 5.32 Å². The molecule has 0 saturated carbocycles. The van der Waals surface area contributed by atoms with Gasteiger partial charge in [0.15, 0.2) is 0 Å². The van der Waals surface area contributed by atoms with E-state index in [2.05, 4.69) is 55.1 Å². The topological polar surface area (TPSA) is 29.9 Å². The monoisotopic (exact) mass is 293 g/mol. The number of hydrogen-bond acceptors (Lipinski definition) is 2. The van der Waals surface area contributed by atoms with Crippen LogP contribution in [0.5, 0.6) is 0 Å². The zero-order valence-electron chi connectivity index (χ0n) is 10.0. The summed E-state index contributed by atoms with van der Waals surface area (Å²) < 4.78 is 3.16. The van der Waals surface area contributed by atoms with Gasteiger partial charge in [0.1, 0.15) is 5.82 Å². The van der Waals surface area contributed by atoms with E-state index in [4.69, 9.17) is 0 Å². The minimum Gasteiger partial charge on any atom is -0.338 e. The second-order valence-corrected chi connectivity index (χ2v) is 4.97. The summed E-state index contributed by atoms with van der Waals surface area (Å²) in [4.78, 5) is 4.36. The van der Waals surface area contributed by atoms with Crippen molar-refractivity contribution in [3.05, 3.63) is 52.5 Å². The molecule has 1 N–H and O–H groups in total.